The molecule has 138 valence electrons. The number of piperidine rings is 1. The SMILES string of the molecule is Cc1ccccc1N1CCN([C@H]2CCCN(C(=O)c3cnsn3)C2)CC1. The highest BCUT2D eigenvalue weighted by molar-refractivity contribution is 6.99. The van der Waals surface area contributed by atoms with Crippen LogP contribution in [-0.2, 0) is 0 Å². The Bertz CT molecular complexity index is 742. The van der Waals surface area contributed by atoms with Crippen molar-refractivity contribution < 1.29 is 4.79 Å². The summed E-state index contributed by atoms with van der Waals surface area (Å²) in [6.45, 7) is 8.02. The Hall–Kier alpha value is -1.99. The number of para-hydroxylation sites is 1. The number of piperazine rings is 1. The minimum Gasteiger partial charge on any atom is -0.369 e. The quantitative estimate of drug-likeness (QED) is 0.828. The van der Waals surface area contributed by atoms with Crippen molar-refractivity contribution in [1.82, 2.24) is 18.5 Å². The maximum atomic E-state index is 12.6. The standard InChI is InChI=1S/C19H25N5OS/c1-15-5-2-3-7-18(15)23-11-9-22(10-12-23)16-6-4-8-24(14-16)19(25)17-13-20-26-21-17/h2-3,5,7,13,16H,4,6,8-12,14H2,1H3/t16-/m0/s1. The van der Waals surface area contributed by atoms with Gasteiger partial charge in [0.1, 0.15) is 0 Å². The smallest absolute Gasteiger partial charge is 0.275 e. The van der Waals surface area contributed by atoms with Crippen LogP contribution in [0, 0.1) is 6.92 Å². The molecule has 0 unspecified atom stereocenters. The molecule has 2 fully saturated rings. The van der Waals surface area contributed by atoms with Crippen molar-refractivity contribution >= 4 is 23.3 Å². The monoisotopic (exact) mass is 371 g/mol. The average Bonchev–Trinajstić information content (AvgIpc) is 3.23. The third-order valence-electron chi connectivity index (χ3n) is 5.55. The van der Waals surface area contributed by atoms with Crippen molar-refractivity contribution in [3.63, 3.8) is 0 Å². The zero-order valence-corrected chi connectivity index (χ0v) is 16.0. The van der Waals surface area contributed by atoms with Crippen LogP contribution in [-0.4, -0.2) is 69.8 Å². The van der Waals surface area contributed by atoms with Gasteiger partial charge in [0, 0.05) is 51.0 Å². The molecule has 0 bridgehead atoms. The number of aryl methyl sites for hydroxylation is 1. The maximum absolute atomic E-state index is 12.6. The summed E-state index contributed by atoms with van der Waals surface area (Å²) in [5.74, 6) is 0.0296. The molecule has 2 aromatic rings. The predicted octanol–water partition coefficient (Wildman–Crippen LogP) is 2.27. The van der Waals surface area contributed by atoms with Crippen LogP contribution in [0.25, 0.3) is 0 Å². The predicted molar refractivity (Wildman–Crippen MR) is 104 cm³/mol. The van der Waals surface area contributed by atoms with Crippen molar-refractivity contribution in [3.8, 4) is 0 Å². The van der Waals surface area contributed by atoms with E-state index in [1.165, 1.54) is 17.7 Å². The molecule has 26 heavy (non-hydrogen) atoms. The highest BCUT2D eigenvalue weighted by atomic mass is 32.1. The lowest BCUT2D eigenvalue weighted by Crippen LogP contribution is -2.56. The zero-order chi connectivity index (χ0) is 17.9. The van der Waals surface area contributed by atoms with Gasteiger partial charge in [-0.2, -0.15) is 8.75 Å². The molecule has 1 atom stereocenters. The molecule has 4 rings (SSSR count). The first-order valence-electron chi connectivity index (χ1n) is 9.34. The Morgan fingerprint density at radius 3 is 2.69 bits per heavy atom. The van der Waals surface area contributed by atoms with Gasteiger partial charge in [0.05, 0.1) is 17.9 Å². The van der Waals surface area contributed by atoms with E-state index in [1.54, 1.807) is 6.20 Å². The van der Waals surface area contributed by atoms with Gasteiger partial charge in [0.25, 0.3) is 5.91 Å². The molecule has 1 aromatic carbocycles. The molecular formula is C19H25N5OS. The van der Waals surface area contributed by atoms with E-state index in [-0.39, 0.29) is 5.91 Å². The molecule has 1 amide bonds. The van der Waals surface area contributed by atoms with Gasteiger partial charge in [0.15, 0.2) is 5.69 Å². The summed E-state index contributed by atoms with van der Waals surface area (Å²) in [4.78, 5) is 19.6. The fourth-order valence-corrected chi connectivity index (χ4v) is 4.51. The largest absolute Gasteiger partial charge is 0.369 e. The fraction of sp³-hybridized carbons (Fsp3) is 0.526. The summed E-state index contributed by atoms with van der Waals surface area (Å²) >= 11 is 1.10. The first-order valence-corrected chi connectivity index (χ1v) is 10.1. The summed E-state index contributed by atoms with van der Waals surface area (Å²) in [5, 5.41) is 0. The molecule has 6 nitrogen and oxygen atoms in total. The molecule has 7 heteroatoms. The van der Waals surface area contributed by atoms with E-state index in [1.807, 2.05) is 4.90 Å². The molecule has 0 radical (unpaired) electrons. The topological polar surface area (TPSA) is 52.6 Å². The normalized spacial score (nSPS) is 21.8. The first kappa shape index (κ1) is 17.4. The van der Waals surface area contributed by atoms with Gasteiger partial charge in [-0.25, -0.2) is 0 Å². The second kappa shape index (κ2) is 7.72. The van der Waals surface area contributed by atoms with E-state index in [0.29, 0.717) is 11.7 Å². The molecule has 1 aromatic heterocycles. The van der Waals surface area contributed by atoms with Gasteiger partial charge in [-0.1, -0.05) is 18.2 Å². The van der Waals surface area contributed by atoms with Crippen molar-refractivity contribution in [2.24, 2.45) is 0 Å². The molecule has 0 saturated carbocycles. The maximum Gasteiger partial charge on any atom is 0.275 e. The Balaban J connectivity index is 1.35. The summed E-state index contributed by atoms with van der Waals surface area (Å²) in [7, 11) is 0. The Morgan fingerprint density at radius 2 is 1.96 bits per heavy atom. The molecular weight excluding hydrogens is 346 g/mol. The number of amides is 1. The number of carbonyl (C=O) groups is 1. The van der Waals surface area contributed by atoms with E-state index in [0.717, 1.165) is 57.4 Å². The average molecular weight is 372 g/mol. The third-order valence-corrected chi connectivity index (χ3v) is 6.03. The second-order valence-corrected chi connectivity index (χ2v) is 7.71. The summed E-state index contributed by atoms with van der Waals surface area (Å²) in [5.41, 5.74) is 3.18. The van der Waals surface area contributed by atoms with Crippen molar-refractivity contribution in [3.05, 3.63) is 41.7 Å². The second-order valence-electron chi connectivity index (χ2n) is 7.15. The number of nitrogens with zero attached hydrogens (tertiary/aromatic N) is 5. The van der Waals surface area contributed by atoms with Gasteiger partial charge < -0.3 is 9.80 Å². The van der Waals surface area contributed by atoms with Crippen molar-refractivity contribution in [2.45, 2.75) is 25.8 Å². The third kappa shape index (κ3) is 3.59. The van der Waals surface area contributed by atoms with E-state index in [2.05, 4.69) is 49.7 Å². The van der Waals surface area contributed by atoms with Crippen LogP contribution in [0.2, 0.25) is 0 Å². The minimum absolute atomic E-state index is 0.0296. The molecule has 0 aliphatic carbocycles. The number of anilines is 1. The highest BCUT2D eigenvalue weighted by Crippen LogP contribution is 2.24. The number of carbonyl (C=O) groups excluding carboxylic acids is 1. The van der Waals surface area contributed by atoms with Gasteiger partial charge in [0.2, 0.25) is 0 Å². The summed E-state index contributed by atoms with van der Waals surface area (Å²) in [6.07, 6.45) is 3.81. The van der Waals surface area contributed by atoms with Crippen molar-refractivity contribution in [1.29, 1.82) is 0 Å². The van der Waals surface area contributed by atoms with Crippen LogP contribution >= 0.6 is 11.7 Å². The van der Waals surface area contributed by atoms with Crippen LogP contribution in [0.5, 0.6) is 0 Å². The molecule has 2 saturated heterocycles. The molecule has 0 spiro atoms. The number of hydrogen-bond donors (Lipinski definition) is 0. The van der Waals surface area contributed by atoms with Gasteiger partial charge in [-0.3, -0.25) is 9.69 Å². The Labute approximate surface area is 158 Å². The summed E-state index contributed by atoms with van der Waals surface area (Å²) in [6, 6.07) is 9.07. The van der Waals surface area contributed by atoms with Gasteiger partial charge >= 0.3 is 0 Å². The van der Waals surface area contributed by atoms with Crippen LogP contribution < -0.4 is 4.90 Å². The highest BCUT2D eigenvalue weighted by Gasteiger charge is 2.31. The van der Waals surface area contributed by atoms with Crippen LogP contribution in [0.4, 0.5) is 5.69 Å². The van der Waals surface area contributed by atoms with E-state index >= 15 is 0 Å². The molecule has 0 N–H and O–H groups in total. The lowest BCUT2D eigenvalue weighted by molar-refractivity contribution is 0.0559. The Kier molecular flexibility index (Phi) is 5.17. The van der Waals surface area contributed by atoms with Crippen molar-refractivity contribution in [2.75, 3.05) is 44.2 Å². The molecule has 2 aliphatic rings. The number of aromatic nitrogens is 2. The number of hydrogen-bond acceptors (Lipinski definition) is 6. The zero-order valence-electron chi connectivity index (χ0n) is 15.2. The fourth-order valence-electron chi connectivity index (χ4n) is 4.10. The Morgan fingerprint density at radius 1 is 1.15 bits per heavy atom. The summed E-state index contributed by atoms with van der Waals surface area (Å²) < 4.78 is 8.06. The first-order chi connectivity index (χ1) is 12.7. The van der Waals surface area contributed by atoms with Gasteiger partial charge in [-0.15, -0.1) is 0 Å². The number of likely N-dealkylation sites (tertiary alicyclic amines) is 1. The van der Waals surface area contributed by atoms with Crippen LogP contribution in [0.1, 0.15) is 28.9 Å². The van der Waals surface area contributed by atoms with E-state index < -0.39 is 0 Å². The number of rotatable bonds is 3. The molecule has 2 aliphatic heterocycles. The van der Waals surface area contributed by atoms with E-state index in [9.17, 15) is 4.79 Å². The molecule has 3 heterocycles. The minimum atomic E-state index is 0.0296. The van der Waals surface area contributed by atoms with Crippen LogP contribution in [0.15, 0.2) is 30.5 Å². The van der Waals surface area contributed by atoms with E-state index in [4.69, 9.17) is 0 Å². The lowest BCUT2D eigenvalue weighted by atomic mass is 10.0. The lowest BCUT2D eigenvalue weighted by Gasteiger charge is -2.44. The van der Waals surface area contributed by atoms with Gasteiger partial charge in [-0.05, 0) is 31.4 Å². The van der Waals surface area contributed by atoms with Crippen LogP contribution in [0.3, 0.4) is 0 Å². The number of benzene rings is 1.